The number of hydrogen-bond acceptors (Lipinski definition) is 6. The number of carbonyl (C=O) groups is 2. The largest absolute Gasteiger partial charge is 0.462 e. The van der Waals surface area contributed by atoms with Gasteiger partial charge in [-0.25, -0.2) is 9.78 Å². The highest BCUT2D eigenvalue weighted by Crippen LogP contribution is 2.24. The van der Waals surface area contributed by atoms with Crippen LogP contribution in [-0.2, 0) is 11.2 Å². The monoisotopic (exact) mass is 336 g/mol. The molecule has 0 aliphatic carbocycles. The van der Waals surface area contributed by atoms with Crippen LogP contribution in [0.15, 0.2) is 16.5 Å². The van der Waals surface area contributed by atoms with E-state index in [4.69, 9.17) is 9.15 Å². The molecule has 0 spiro atoms. The van der Waals surface area contributed by atoms with Crippen molar-refractivity contribution in [1.82, 2.24) is 10.3 Å². The van der Waals surface area contributed by atoms with E-state index in [0.29, 0.717) is 22.2 Å². The SMILES string of the molecule is CCOC(=O)c1sc([C@@H](C)NC(=O)c2ccc(CC)o2)nc1C. The van der Waals surface area contributed by atoms with Gasteiger partial charge >= 0.3 is 5.97 Å². The fraction of sp³-hybridized carbons (Fsp3) is 0.438. The lowest BCUT2D eigenvalue weighted by Gasteiger charge is -2.09. The van der Waals surface area contributed by atoms with Gasteiger partial charge in [-0.05, 0) is 32.9 Å². The lowest BCUT2D eigenvalue weighted by Crippen LogP contribution is -2.26. The van der Waals surface area contributed by atoms with E-state index in [2.05, 4.69) is 10.3 Å². The lowest BCUT2D eigenvalue weighted by atomic mass is 10.3. The van der Waals surface area contributed by atoms with Gasteiger partial charge in [0, 0.05) is 6.42 Å². The molecule has 0 aliphatic rings. The number of aryl methyl sites for hydroxylation is 2. The molecule has 0 fully saturated rings. The van der Waals surface area contributed by atoms with Crippen molar-refractivity contribution in [3.05, 3.63) is 39.2 Å². The Balaban J connectivity index is 2.08. The standard InChI is InChI=1S/C16H20N2O4S/c1-5-11-7-8-12(22-11)14(19)17-10(4)15-18-9(3)13(23-15)16(20)21-6-2/h7-8,10H,5-6H2,1-4H3,(H,17,19)/t10-/m1/s1. The topological polar surface area (TPSA) is 81.4 Å². The van der Waals surface area contributed by atoms with Crippen LogP contribution in [0.4, 0.5) is 0 Å². The molecule has 0 saturated carbocycles. The number of thiazole rings is 1. The molecule has 1 amide bonds. The zero-order chi connectivity index (χ0) is 17.0. The lowest BCUT2D eigenvalue weighted by molar-refractivity contribution is 0.0531. The molecule has 2 heterocycles. The van der Waals surface area contributed by atoms with Gasteiger partial charge in [0.1, 0.15) is 15.6 Å². The summed E-state index contributed by atoms with van der Waals surface area (Å²) in [5.74, 6) is 0.346. The second-order valence-corrected chi connectivity index (χ2v) is 6.03. The summed E-state index contributed by atoms with van der Waals surface area (Å²) in [6.45, 7) is 7.59. The summed E-state index contributed by atoms with van der Waals surface area (Å²) in [6.07, 6.45) is 0.734. The van der Waals surface area contributed by atoms with Gasteiger partial charge in [-0.1, -0.05) is 6.92 Å². The summed E-state index contributed by atoms with van der Waals surface area (Å²) in [6, 6.07) is 3.11. The van der Waals surface area contributed by atoms with Crippen LogP contribution >= 0.6 is 11.3 Å². The van der Waals surface area contributed by atoms with Gasteiger partial charge in [-0.2, -0.15) is 0 Å². The number of rotatable bonds is 6. The van der Waals surface area contributed by atoms with Crippen LogP contribution in [0.25, 0.3) is 0 Å². The Morgan fingerprint density at radius 3 is 2.74 bits per heavy atom. The Kier molecular flexibility index (Phi) is 5.54. The Bertz CT molecular complexity index is 705. The van der Waals surface area contributed by atoms with Gasteiger partial charge in [0.05, 0.1) is 18.3 Å². The van der Waals surface area contributed by atoms with Crippen LogP contribution < -0.4 is 5.32 Å². The van der Waals surface area contributed by atoms with Crippen LogP contribution in [0.1, 0.15) is 63.5 Å². The minimum atomic E-state index is -0.383. The van der Waals surface area contributed by atoms with E-state index in [-0.39, 0.29) is 23.7 Å². The molecule has 23 heavy (non-hydrogen) atoms. The summed E-state index contributed by atoms with van der Waals surface area (Å²) in [5.41, 5.74) is 0.607. The maximum Gasteiger partial charge on any atom is 0.350 e. The molecule has 0 radical (unpaired) electrons. The number of amides is 1. The summed E-state index contributed by atoms with van der Waals surface area (Å²) >= 11 is 1.23. The normalized spacial score (nSPS) is 12.0. The number of furan rings is 1. The summed E-state index contributed by atoms with van der Waals surface area (Å²) in [4.78, 5) is 28.8. The Morgan fingerprint density at radius 2 is 2.13 bits per heavy atom. The van der Waals surface area contributed by atoms with Crippen LogP contribution in [-0.4, -0.2) is 23.5 Å². The number of carbonyl (C=O) groups excluding carboxylic acids is 2. The molecule has 124 valence electrons. The number of aromatic nitrogens is 1. The highest BCUT2D eigenvalue weighted by Gasteiger charge is 2.21. The first-order valence-corrected chi connectivity index (χ1v) is 8.31. The fourth-order valence-corrected chi connectivity index (χ4v) is 2.97. The predicted molar refractivity (Wildman–Crippen MR) is 86.8 cm³/mol. The van der Waals surface area contributed by atoms with Crippen LogP contribution in [0.2, 0.25) is 0 Å². The molecule has 2 rings (SSSR count). The maximum absolute atomic E-state index is 12.2. The zero-order valence-electron chi connectivity index (χ0n) is 13.6. The van der Waals surface area contributed by atoms with Crippen molar-refractivity contribution in [2.75, 3.05) is 6.61 Å². The highest BCUT2D eigenvalue weighted by molar-refractivity contribution is 7.13. The minimum absolute atomic E-state index is 0.271. The average Bonchev–Trinajstić information content (AvgIpc) is 3.13. The predicted octanol–water partition coefficient (Wildman–Crippen LogP) is 3.27. The highest BCUT2D eigenvalue weighted by atomic mass is 32.1. The Labute approximate surface area is 138 Å². The average molecular weight is 336 g/mol. The van der Waals surface area contributed by atoms with Gasteiger partial charge in [-0.3, -0.25) is 4.79 Å². The molecule has 0 bridgehead atoms. The molecule has 1 atom stereocenters. The summed E-state index contributed by atoms with van der Waals surface area (Å²) < 4.78 is 10.4. The maximum atomic E-state index is 12.2. The molecule has 2 aromatic rings. The van der Waals surface area contributed by atoms with Crippen LogP contribution in [0.5, 0.6) is 0 Å². The molecule has 0 aliphatic heterocycles. The fourth-order valence-electron chi connectivity index (χ4n) is 2.01. The molecule has 7 heteroatoms. The van der Waals surface area contributed by atoms with Gasteiger partial charge in [0.15, 0.2) is 5.76 Å². The molecule has 0 saturated heterocycles. The third kappa shape index (κ3) is 3.98. The molecule has 0 aromatic carbocycles. The third-order valence-corrected chi connectivity index (χ3v) is 4.55. The van der Waals surface area contributed by atoms with E-state index in [1.54, 1.807) is 26.0 Å². The third-order valence-electron chi connectivity index (χ3n) is 3.23. The van der Waals surface area contributed by atoms with Crippen molar-refractivity contribution in [3.8, 4) is 0 Å². The molecule has 1 N–H and O–H groups in total. The Morgan fingerprint density at radius 1 is 1.39 bits per heavy atom. The van der Waals surface area contributed by atoms with Crippen molar-refractivity contribution in [2.45, 2.75) is 40.2 Å². The summed E-state index contributed by atoms with van der Waals surface area (Å²) in [7, 11) is 0. The molecule has 0 unspecified atom stereocenters. The van der Waals surface area contributed by atoms with Gasteiger partial charge in [-0.15, -0.1) is 11.3 Å². The van der Waals surface area contributed by atoms with E-state index in [9.17, 15) is 9.59 Å². The van der Waals surface area contributed by atoms with Gasteiger partial charge in [0.2, 0.25) is 0 Å². The van der Waals surface area contributed by atoms with E-state index in [1.807, 2.05) is 13.8 Å². The van der Waals surface area contributed by atoms with Gasteiger partial charge in [0.25, 0.3) is 5.91 Å². The smallest absolute Gasteiger partial charge is 0.350 e. The first kappa shape index (κ1) is 17.2. The Hall–Kier alpha value is -2.15. The first-order chi connectivity index (χ1) is 11.0. The second kappa shape index (κ2) is 7.41. The number of esters is 1. The van der Waals surface area contributed by atoms with Crippen LogP contribution in [0.3, 0.4) is 0 Å². The van der Waals surface area contributed by atoms with E-state index in [0.717, 1.165) is 12.2 Å². The van der Waals surface area contributed by atoms with E-state index < -0.39 is 0 Å². The molecular formula is C16H20N2O4S. The van der Waals surface area contributed by atoms with Crippen molar-refractivity contribution in [2.24, 2.45) is 0 Å². The zero-order valence-corrected chi connectivity index (χ0v) is 14.5. The van der Waals surface area contributed by atoms with Crippen LogP contribution in [0, 0.1) is 6.92 Å². The van der Waals surface area contributed by atoms with Gasteiger partial charge < -0.3 is 14.5 Å². The van der Waals surface area contributed by atoms with Crippen molar-refractivity contribution in [3.63, 3.8) is 0 Å². The summed E-state index contributed by atoms with van der Waals surface area (Å²) in [5, 5.41) is 3.48. The number of nitrogens with zero attached hydrogens (tertiary/aromatic N) is 1. The van der Waals surface area contributed by atoms with E-state index in [1.165, 1.54) is 11.3 Å². The second-order valence-electron chi connectivity index (χ2n) is 5.00. The number of ether oxygens (including phenoxy) is 1. The first-order valence-electron chi connectivity index (χ1n) is 7.50. The molecule has 6 nitrogen and oxygen atoms in total. The van der Waals surface area contributed by atoms with Crippen molar-refractivity contribution < 1.29 is 18.7 Å². The minimum Gasteiger partial charge on any atom is -0.462 e. The number of nitrogens with one attached hydrogen (secondary N) is 1. The van der Waals surface area contributed by atoms with Crippen molar-refractivity contribution >= 4 is 23.2 Å². The van der Waals surface area contributed by atoms with Crippen molar-refractivity contribution in [1.29, 1.82) is 0 Å². The van der Waals surface area contributed by atoms with E-state index >= 15 is 0 Å². The quantitative estimate of drug-likeness (QED) is 0.819. The molecule has 2 aromatic heterocycles. The molecular weight excluding hydrogens is 316 g/mol. The number of hydrogen-bond donors (Lipinski definition) is 1.